The van der Waals surface area contributed by atoms with Gasteiger partial charge in [-0.05, 0) is 13.0 Å². The molecule has 0 aliphatic carbocycles. The van der Waals surface area contributed by atoms with E-state index in [0.717, 1.165) is 5.69 Å². The van der Waals surface area contributed by atoms with E-state index in [4.69, 9.17) is 15.9 Å². The largest absolute Gasteiger partial charge is 0.483 e. The van der Waals surface area contributed by atoms with Crippen LogP contribution in [0.4, 0.5) is 0 Å². The van der Waals surface area contributed by atoms with Crippen molar-refractivity contribution in [3.8, 4) is 5.75 Å². The number of hydrogen-bond donors (Lipinski definition) is 4. The third-order valence-electron chi connectivity index (χ3n) is 4.34. The van der Waals surface area contributed by atoms with Gasteiger partial charge in [0.25, 0.3) is 11.6 Å². The zero-order valence-corrected chi connectivity index (χ0v) is 15.9. The Balaban J connectivity index is 2.18. The molecule has 2 aromatic rings. The topological polar surface area (TPSA) is 126 Å². The number of rotatable bonds is 7. The maximum absolute atomic E-state index is 12.5. The fourth-order valence-corrected chi connectivity index (χ4v) is 2.48. The summed E-state index contributed by atoms with van der Waals surface area (Å²) in [5.74, 6) is -0.235. The predicted octanol–water partition coefficient (Wildman–Crippen LogP) is -0.503. The van der Waals surface area contributed by atoms with Crippen LogP contribution in [0.25, 0.3) is 0 Å². The van der Waals surface area contributed by atoms with Gasteiger partial charge in [-0.3, -0.25) is 15.0 Å². The number of amides is 2. The van der Waals surface area contributed by atoms with Gasteiger partial charge in [0.05, 0.1) is 12.7 Å². The van der Waals surface area contributed by atoms with Crippen LogP contribution in [0.1, 0.15) is 27.3 Å². The summed E-state index contributed by atoms with van der Waals surface area (Å²) in [6, 6.07) is 6.77. The van der Waals surface area contributed by atoms with Crippen LogP contribution >= 0.6 is 0 Å². The van der Waals surface area contributed by atoms with Crippen molar-refractivity contribution in [1.82, 2.24) is 15.3 Å². The molecule has 0 saturated heterocycles. The van der Waals surface area contributed by atoms with E-state index in [2.05, 4.69) is 10.6 Å². The van der Waals surface area contributed by atoms with Crippen LogP contribution in [0.3, 0.4) is 0 Å². The standard InChI is InChI=1S/C18H24N6O3/c1-11-7-14(24(4)23(11)3)18(26)22-9-13-6-5-12(17(19)20)8-15(13)27-10-16(25)21-2/h5-8H,9-10H2,1-4H3,(H4-,19,20,21,22,25,26)/p+1. The minimum atomic E-state index is -0.287. The van der Waals surface area contributed by atoms with Crippen molar-refractivity contribution in [3.63, 3.8) is 0 Å². The van der Waals surface area contributed by atoms with Crippen molar-refractivity contribution in [2.24, 2.45) is 19.8 Å². The monoisotopic (exact) mass is 373 g/mol. The Bertz CT molecular complexity index is 887. The van der Waals surface area contributed by atoms with Crippen LogP contribution < -0.4 is 25.8 Å². The summed E-state index contributed by atoms with van der Waals surface area (Å²) in [7, 11) is 5.19. The van der Waals surface area contributed by atoms with Crippen molar-refractivity contribution in [3.05, 3.63) is 46.8 Å². The van der Waals surface area contributed by atoms with Gasteiger partial charge in [0.1, 0.15) is 11.6 Å². The molecule has 0 fully saturated rings. The lowest BCUT2D eigenvalue weighted by Gasteiger charge is -2.13. The second-order valence-electron chi connectivity index (χ2n) is 6.10. The van der Waals surface area contributed by atoms with E-state index >= 15 is 0 Å². The molecular formula is C18H25N6O3+. The number of nitrogens with one attached hydrogen (secondary N) is 3. The summed E-state index contributed by atoms with van der Waals surface area (Å²) >= 11 is 0. The van der Waals surface area contributed by atoms with Gasteiger partial charge < -0.3 is 21.1 Å². The molecule has 0 bridgehead atoms. The molecule has 0 atom stereocenters. The third-order valence-corrected chi connectivity index (χ3v) is 4.34. The first-order valence-corrected chi connectivity index (χ1v) is 8.36. The molecule has 1 aromatic carbocycles. The predicted molar refractivity (Wildman–Crippen MR) is 99.5 cm³/mol. The highest BCUT2D eigenvalue weighted by Crippen LogP contribution is 2.20. The molecule has 5 N–H and O–H groups in total. The highest BCUT2D eigenvalue weighted by molar-refractivity contribution is 5.95. The number of aryl methyl sites for hydroxylation is 1. The molecule has 9 heteroatoms. The van der Waals surface area contributed by atoms with Crippen LogP contribution in [0.5, 0.6) is 5.75 Å². The molecule has 1 heterocycles. The molecule has 0 unspecified atom stereocenters. The Morgan fingerprint density at radius 3 is 2.59 bits per heavy atom. The summed E-state index contributed by atoms with van der Waals surface area (Å²) in [5, 5.41) is 12.9. The van der Waals surface area contributed by atoms with E-state index in [-0.39, 0.29) is 30.8 Å². The Morgan fingerprint density at radius 1 is 1.33 bits per heavy atom. The number of carbonyl (C=O) groups is 2. The van der Waals surface area contributed by atoms with Gasteiger partial charge in [-0.15, -0.1) is 4.68 Å². The van der Waals surface area contributed by atoms with Crippen LogP contribution in [0.2, 0.25) is 0 Å². The van der Waals surface area contributed by atoms with E-state index < -0.39 is 0 Å². The number of aromatic nitrogens is 2. The molecule has 9 nitrogen and oxygen atoms in total. The van der Waals surface area contributed by atoms with Gasteiger partial charge in [-0.25, -0.2) is 0 Å². The molecule has 2 rings (SSSR count). The highest BCUT2D eigenvalue weighted by Gasteiger charge is 2.22. The van der Waals surface area contributed by atoms with Gasteiger partial charge in [-0.1, -0.05) is 12.1 Å². The van der Waals surface area contributed by atoms with Gasteiger partial charge in [-0.2, -0.15) is 4.68 Å². The zero-order chi connectivity index (χ0) is 20.1. The summed E-state index contributed by atoms with van der Waals surface area (Å²) < 4.78 is 9.17. The molecule has 0 aliphatic heterocycles. The average molecular weight is 373 g/mol. The van der Waals surface area contributed by atoms with Crippen LogP contribution in [-0.2, 0) is 25.4 Å². The summed E-state index contributed by atoms with van der Waals surface area (Å²) in [6.45, 7) is 1.95. The molecule has 0 radical (unpaired) electrons. The smallest absolute Gasteiger partial charge is 0.318 e. The summed E-state index contributed by atoms with van der Waals surface area (Å²) in [4.78, 5) is 24.0. The fraction of sp³-hybridized carbons (Fsp3) is 0.333. The minimum Gasteiger partial charge on any atom is -0.483 e. The molecule has 144 valence electrons. The van der Waals surface area contributed by atoms with Gasteiger partial charge >= 0.3 is 5.91 Å². The Hall–Kier alpha value is -3.36. The molecule has 0 saturated carbocycles. The first-order valence-electron chi connectivity index (χ1n) is 8.36. The van der Waals surface area contributed by atoms with Crippen LogP contribution in [0.15, 0.2) is 24.3 Å². The van der Waals surface area contributed by atoms with Crippen molar-refractivity contribution in [1.29, 1.82) is 5.41 Å². The number of nitrogens with two attached hydrogens (primary N) is 1. The van der Waals surface area contributed by atoms with E-state index in [9.17, 15) is 9.59 Å². The van der Waals surface area contributed by atoms with Crippen LogP contribution in [0, 0.1) is 12.3 Å². The number of hydrogen-bond acceptors (Lipinski definition) is 4. The van der Waals surface area contributed by atoms with Crippen molar-refractivity contribution < 1.29 is 19.0 Å². The fourth-order valence-electron chi connectivity index (χ4n) is 2.48. The quantitative estimate of drug-likeness (QED) is 0.296. The Morgan fingerprint density at radius 2 is 2.04 bits per heavy atom. The highest BCUT2D eigenvalue weighted by atomic mass is 16.5. The lowest BCUT2D eigenvalue weighted by Crippen LogP contribution is -2.45. The van der Waals surface area contributed by atoms with Gasteiger partial charge in [0.2, 0.25) is 0 Å². The van der Waals surface area contributed by atoms with Crippen molar-refractivity contribution in [2.75, 3.05) is 13.7 Å². The van der Waals surface area contributed by atoms with E-state index in [1.54, 1.807) is 28.9 Å². The summed E-state index contributed by atoms with van der Waals surface area (Å²) in [5.41, 5.74) is 8.16. The second kappa shape index (κ2) is 8.35. The van der Waals surface area contributed by atoms with Crippen LogP contribution in [-0.4, -0.2) is 36.0 Å². The number of benzene rings is 1. The third kappa shape index (κ3) is 4.63. The van der Waals surface area contributed by atoms with Gasteiger partial charge in [0, 0.05) is 30.8 Å². The van der Waals surface area contributed by atoms with E-state index in [0.29, 0.717) is 22.6 Å². The number of ether oxygens (including phenoxy) is 1. The lowest BCUT2D eigenvalue weighted by atomic mass is 10.1. The minimum absolute atomic E-state index is 0.109. The maximum Gasteiger partial charge on any atom is 0.318 e. The van der Waals surface area contributed by atoms with E-state index in [1.807, 2.05) is 25.7 Å². The number of likely N-dealkylation sites (N-methyl/N-ethyl adjacent to an activating group) is 1. The van der Waals surface area contributed by atoms with Gasteiger partial charge in [0.15, 0.2) is 13.7 Å². The molecule has 2 amide bonds. The zero-order valence-electron chi connectivity index (χ0n) is 15.9. The maximum atomic E-state index is 12.5. The van der Waals surface area contributed by atoms with Crippen molar-refractivity contribution in [2.45, 2.75) is 13.5 Å². The molecule has 0 aliphatic rings. The molecule has 0 spiro atoms. The summed E-state index contributed by atoms with van der Waals surface area (Å²) in [6.07, 6.45) is 0. The lowest BCUT2D eigenvalue weighted by molar-refractivity contribution is -0.753. The van der Waals surface area contributed by atoms with E-state index in [1.165, 1.54) is 7.05 Å². The first kappa shape index (κ1) is 20.0. The molecular weight excluding hydrogens is 348 g/mol. The second-order valence-corrected chi connectivity index (χ2v) is 6.10. The number of carbonyl (C=O) groups excluding carboxylic acids is 2. The number of nitrogens with zero attached hydrogens (tertiary/aromatic N) is 2. The SMILES string of the molecule is CNC(=O)COc1cc(C(=N)N)ccc1CNC(=O)c1cc(C)n(C)[n+]1C. The average Bonchev–Trinajstić information content (AvgIpc) is 2.91. The number of amidine groups is 1. The number of nitrogen functional groups attached to an aromatic ring is 1. The normalized spacial score (nSPS) is 10.4. The Labute approximate surface area is 157 Å². The van der Waals surface area contributed by atoms with Crippen molar-refractivity contribution >= 4 is 17.6 Å². The molecule has 27 heavy (non-hydrogen) atoms. The first-order chi connectivity index (χ1) is 12.7. The Kier molecular flexibility index (Phi) is 6.17. The molecule has 1 aromatic heterocycles.